The zero-order valence-electron chi connectivity index (χ0n) is 10.7. The maximum absolute atomic E-state index is 13.2. The number of carbonyl (C=O) groups excluding carboxylic acids is 1. The standard InChI is InChI=1S/C11H12FN3O5/c1-6(10(16)17)14(2)11(18)13-8-3-7(12)4-9(5-8)15(19)20/h3-6H,1-2H3,(H,13,18)(H,16,17). The highest BCUT2D eigenvalue weighted by Crippen LogP contribution is 2.20. The predicted molar refractivity (Wildman–Crippen MR) is 66.9 cm³/mol. The summed E-state index contributed by atoms with van der Waals surface area (Å²) in [6.45, 7) is 1.29. The predicted octanol–water partition coefficient (Wildman–Crippen LogP) is 1.67. The molecule has 0 heterocycles. The molecule has 0 aromatic heterocycles. The van der Waals surface area contributed by atoms with Crippen LogP contribution in [-0.4, -0.2) is 40.0 Å². The second-order valence-corrected chi connectivity index (χ2v) is 4.01. The molecule has 2 N–H and O–H groups in total. The number of nitro benzene ring substituents is 1. The zero-order valence-corrected chi connectivity index (χ0v) is 10.7. The number of rotatable bonds is 4. The van der Waals surface area contributed by atoms with Crippen LogP contribution in [0.5, 0.6) is 0 Å². The van der Waals surface area contributed by atoms with Gasteiger partial charge in [0.2, 0.25) is 0 Å². The number of carbonyl (C=O) groups is 2. The van der Waals surface area contributed by atoms with E-state index in [0.717, 1.165) is 17.0 Å². The molecule has 1 aromatic rings. The Balaban J connectivity index is 2.90. The van der Waals surface area contributed by atoms with Crippen LogP contribution in [0, 0.1) is 15.9 Å². The van der Waals surface area contributed by atoms with Crippen LogP contribution in [0.15, 0.2) is 18.2 Å². The summed E-state index contributed by atoms with van der Waals surface area (Å²) in [5.74, 6) is -2.10. The van der Waals surface area contributed by atoms with Crippen LogP contribution >= 0.6 is 0 Å². The summed E-state index contributed by atoms with van der Waals surface area (Å²) in [7, 11) is 1.24. The molecule has 0 fully saturated rings. The normalized spacial score (nSPS) is 11.6. The number of urea groups is 1. The lowest BCUT2D eigenvalue weighted by Gasteiger charge is -2.21. The van der Waals surface area contributed by atoms with Gasteiger partial charge in [0.15, 0.2) is 0 Å². The lowest BCUT2D eigenvalue weighted by Crippen LogP contribution is -2.42. The molecule has 0 saturated heterocycles. The molecule has 0 aliphatic carbocycles. The van der Waals surface area contributed by atoms with E-state index < -0.39 is 34.5 Å². The maximum Gasteiger partial charge on any atom is 0.326 e. The summed E-state index contributed by atoms with van der Waals surface area (Å²) < 4.78 is 13.2. The van der Waals surface area contributed by atoms with Crippen molar-refractivity contribution in [2.24, 2.45) is 0 Å². The number of likely N-dealkylation sites (N-methyl/N-ethyl adjacent to an activating group) is 1. The Morgan fingerprint density at radius 3 is 2.55 bits per heavy atom. The summed E-state index contributed by atoms with van der Waals surface area (Å²) in [6.07, 6.45) is 0. The van der Waals surface area contributed by atoms with Gasteiger partial charge in [-0.2, -0.15) is 0 Å². The summed E-state index contributed by atoms with van der Waals surface area (Å²) >= 11 is 0. The maximum atomic E-state index is 13.2. The molecule has 1 atom stereocenters. The van der Waals surface area contributed by atoms with Crippen LogP contribution in [-0.2, 0) is 4.79 Å². The molecule has 0 aliphatic rings. The Morgan fingerprint density at radius 2 is 2.05 bits per heavy atom. The quantitative estimate of drug-likeness (QED) is 0.645. The number of anilines is 1. The van der Waals surface area contributed by atoms with E-state index in [9.17, 15) is 24.1 Å². The molecular weight excluding hydrogens is 273 g/mol. The molecule has 20 heavy (non-hydrogen) atoms. The van der Waals surface area contributed by atoms with Crippen LogP contribution in [0.4, 0.5) is 20.6 Å². The first-order chi connectivity index (χ1) is 9.22. The number of benzene rings is 1. The Kier molecular flexibility index (Phi) is 4.57. The van der Waals surface area contributed by atoms with Crippen molar-refractivity contribution >= 4 is 23.4 Å². The topological polar surface area (TPSA) is 113 Å². The van der Waals surface area contributed by atoms with Gasteiger partial charge in [-0.3, -0.25) is 10.1 Å². The van der Waals surface area contributed by atoms with E-state index >= 15 is 0 Å². The lowest BCUT2D eigenvalue weighted by molar-refractivity contribution is -0.385. The summed E-state index contributed by atoms with van der Waals surface area (Å²) in [4.78, 5) is 33.1. The van der Waals surface area contributed by atoms with Crippen molar-refractivity contribution in [3.05, 3.63) is 34.1 Å². The molecule has 0 saturated carbocycles. The van der Waals surface area contributed by atoms with E-state index in [-0.39, 0.29) is 5.69 Å². The largest absolute Gasteiger partial charge is 0.480 e. The van der Waals surface area contributed by atoms with Gasteiger partial charge in [-0.05, 0) is 13.0 Å². The van der Waals surface area contributed by atoms with E-state index in [1.54, 1.807) is 0 Å². The number of non-ortho nitro benzene ring substituents is 1. The minimum atomic E-state index is -1.21. The number of halogens is 1. The fourth-order valence-electron chi connectivity index (χ4n) is 1.30. The lowest BCUT2D eigenvalue weighted by atomic mass is 10.2. The molecule has 0 bridgehead atoms. The number of nitrogens with one attached hydrogen (secondary N) is 1. The number of carboxylic acid groups (broad SMARTS) is 1. The summed E-state index contributed by atoms with van der Waals surface area (Å²) in [6, 6.07) is 0.655. The van der Waals surface area contributed by atoms with Gasteiger partial charge in [0.25, 0.3) is 5.69 Å². The van der Waals surface area contributed by atoms with Crippen molar-refractivity contribution in [2.45, 2.75) is 13.0 Å². The van der Waals surface area contributed by atoms with Gasteiger partial charge in [-0.15, -0.1) is 0 Å². The fraction of sp³-hybridized carbons (Fsp3) is 0.273. The molecular formula is C11H12FN3O5. The number of carboxylic acids is 1. The monoisotopic (exact) mass is 285 g/mol. The molecule has 1 unspecified atom stereocenters. The molecule has 1 aromatic carbocycles. The Morgan fingerprint density at radius 1 is 1.45 bits per heavy atom. The van der Waals surface area contributed by atoms with Gasteiger partial charge in [-0.1, -0.05) is 0 Å². The SMILES string of the molecule is CC(C(=O)O)N(C)C(=O)Nc1cc(F)cc([N+](=O)[O-])c1. The van der Waals surface area contributed by atoms with Crippen molar-refractivity contribution in [2.75, 3.05) is 12.4 Å². The number of amides is 2. The minimum absolute atomic E-state index is 0.133. The fourth-order valence-corrected chi connectivity index (χ4v) is 1.30. The number of hydrogen-bond acceptors (Lipinski definition) is 4. The third-order valence-corrected chi connectivity index (χ3v) is 2.60. The van der Waals surface area contributed by atoms with Gasteiger partial charge in [0.05, 0.1) is 16.7 Å². The van der Waals surface area contributed by atoms with Crippen LogP contribution < -0.4 is 5.32 Å². The molecule has 8 nitrogen and oxygen atoms in total. The van der Waals surface area contributed by atoms with E-state index in [1.165, 1.54) is 14.0 Å². The zero-order chi connectivity index (χ0) is 15.4. The van der Waals surface area contributed by atoms with E-state index in [0.29, 0.717) is 6.07 Å². The number of nitrogens with zero attached hydrogens (tertiary/aromatic N) is 2. The van der Waals surface area contributed by atoms with Crippen LogP contribution in [0.2, 0.25) is 0 Å². The van der Waals surface area contributed by atoms with Gasteiger partial charge in [-0.25, -0.2) is 14.0 Å². The van der Waals surface area contributed by atoms with Crippen molar-refractivity contribution in [3.63, 3.8) is 0 Å². The molecule has 0 aliphatic heterocycles. The van der Waals surface area contributed by atoms with Crippen LogP contribution in [0.3, 0.4) is 0 Å². The molecule has 1 rings (SSSR count). The highest BCUT2D eigenvalue weighted by Gasteiger charge is 2.22. The molecule has 9 heteroatoms. The van der Waals surface area contributed by atoms with Gasteiger partial charge < -0.3 is 15.3 Å². The molecule has 0 spiro atoms. The summed E-state index contributed by atoms with van der Waals surface area (Å²) in [5.41, 5.74) is -0.652. The smallest absolute Gasteiger partial charge is 0.326 e. The Hall–Kier alpha value is -2.71. The van der Waals surface area contributed by atoms with Crippen LogP contribution in [0.25, 0.3) is 0 Å². The van der Waals surface area contributed by atoms with Crippen molar-refractivity contribution in [3.8, 4) is 0 Å². The first-order valence-corrected chi connectivity index (χ1v) is 5.44. The third-order valence-electron chi connectivity index (χ3n) is 2.60. The van der Waals surface area contributed by atoms with E-state index in [4.69, 9.17) is 5.11 Å². The second kappa shape index (κ2) is 5.95. The highest BCUT2D eigenvalue weighted by molar-refractivity contribution is 5.92. The van der Waals surface area contributed by atoms with E-state index in [1.807, 2.05) is 0 Å². The molecule has 0 radical (unpaired) electrons. The second-order valence-electron chi connectivity index (χ2n) is 4.01. The minimum Gasteiger partial charge on any atom is -0.480 e. The highest BCUT2D eigenvalue weighted by atomic mass is 19.1. The third kappa shape index (κ3) is 3.64. The number of hydrogen-bond donors (Lipinski definition) is 2. The Labute approximate surface area is 113 Å². The number of nitro groups is 1. The molecule has 108 valence electrons. The number of aliphatic carboxylic acids is 1. The first-order valence-electron chi connectivity index (χ1n) is 5.44. The van der Waals surface area contributed by atoms with Crippen LogP contribution in [0.1, 0.15) is 6.92 Å². The van der Waals surface area contributed by atoms with E-state index in [2.05, 4.69) is 5.32 Å². The Bertz CT molecular complexity index is 563. The molecule has 2 amide bonds. The summed E-state index contributed by atoms with van der Waals surface area (Å²) in [5, 5.41) is 21.5. The van der Waals surface area contributed by atoms with Gasteiger partial charge in [0, 0.05) is 13.1 Å². The van der Waals surface area contributed by atoms with Gasteiger partial charge in [0.1, 0.15) is 11.9 Å². The van der Waals surface area contributed by atoms with Gasteiger partial charge >= 0.3 is 12.0 Å². The van der Waals surface area contributed by atoms with Crippen molar-refractivity contribution in [1.82, 2.24) is 4.90 Å². The van der Waals surface area contributed by atoms with Crippen molar-refractivity contribution < 1.29 is 24.0 Å². The first kappa shape index (κ1) is 15.3. The average molecular weight is 285 g/mol. The van der Waals surface area contributed by atoms with Crippen molar-refractivity contribution in [1.29, 1.82) is 0 Å². The average Bonchev–Trinajstić information content (AvgIpc) is 2.35.